The summed E-state index contributed by atoms with van der Waals surface area (Å²) in [6, 6.07) is 7.00. The van der Waals surface area contributed by atoms with Crippen LogP contribution in [-0.2, 0) is 14.4 Å². The lowest BCUT2D eigenvalue weighted by Gasteiger charge is -2.16. The third-order valence-electron chi connectivity index (χ3n) is 4.14. The normalized spacial score (nSPS) is 13.2. The molecule has 2 aromatic rings. The molecule has 1 aliphatic heterocycles. The maximum Gasteiger partial charge on any atom is 0.328 e. The zero-order chi connectivity index (χ0) is 24.1. The number of ether oxygens (including phenoxy) is 2. The molecule has 0 bridgehead atoms. The molecule has 0 atom stereocenters. The van der Waals surface area contributed by atoms with Crippen LogP contribution in [0.3, 0.4) is 0 Å². The number of nitrogens with one attached hydrogen (secondary N) is 3. The van der Waals surface area contributed by atoms with Crippen LogP contribution in [0.15, 0.2) is 35.9 Å². The van der Waals surface area contributed by atoms with E-state index in [2.05, 4.69) is 5.32 Å². The first-order valence-corrected chi connectivity index (χ1v) is 11.2. The molecule has 5 amide bonds. The van der Waals surface area contributed by atoms with Crippen molar-refractivity contribution in [1.82, 2.24) is 10.6 Å². The van der Waals surface area contributed by atoms with Crippen molar-refractivity contribution in [3.05, 3.63) is 55.1 Å². The number of halogens is 3. The average molecular weight is 604 g/mol. The molecule has 2 aromatic carbocycles. The van der Waals surface area contributed by atoms with Crippen molar-refractivity contribution in [2.24, 2.45) is 0 Å². The Morgan fingerprint density at radius 1 is 1.06 bits per heavy atom. The van der Waals surface area contributed by atoms with Gasteiger partial charge in [0.15, 0.2) is 18.1 Å². The Kier molecular flexibility index (Phi) is 8.16. The fourth-order valence-electron chi connectivity index (χ4n) is 2.76. The van der Waals surface area contributed by atoms with Crippen LogP contribution in [0.2, 0.25) is 10.0 Å². The Hall–Kier alpha value is -2.83. The Morgan fingerprint density at radius 3 is 2.39 bits per heavy atom. The number of hydrogen-bond donors (Lipinski definition) is 3. The van der Waals surface area contributed by atoms with Crippen molar-refractivity contribution in [3.8, 4) is 11.5 Å². The SMILES string of the molecule is CCOc1cc(C=C2C(=O)NC(=O)NC2=O)cc(I)c1OCC(=O)Nc1ccc(Cl)c(Cl)c1. The van der Waals surface area contributed by atoms with Gasteiger partial charge in [-0.25, -0.2) is 4.79 Å². The van der Waals surface area contributed by atoms with Crippen molar-refractivity contribution >= 4 is 81.3 Å². The van der Waals surface area contributed by atoms with Crippen LogP contribution < -0.4 is 25.4 Å². The highest BCUT2D eigenvalue weighted by molar-refractivity contribution is 14.1. The predicted molar refractivity (Wildman–Crippen MR) is 131 cm³/mol. The van der Waals surface area contributed by atoms with Gasteiger partial charge in [0.05, 0.1) is 20.2 Å². The number of anilines is 1. The minimum atomic E-state index is -0.880. The Balaban J connectivity index is 1.78. The number of imide groups is 2. The summed E-state index contributed by atoms with van der Waals surface area (Å²) in [5, 5.41) is 7.34. The molecule has 12 heteroatoms. The molecule has 9 nitrogen and oxygen atoms in total. The van der Waals surface area contributed by atoms with Crippen LogP contribution >= 0.6 is 45.8 Å². The van der Waals surface area contributed by atoms with Crippen molar-refractivity contribution in [1.29, 1.82) is 0 Å². The van der Waals surface area contributed by atoms with Crippen LogP contribution in [0.1, 0.15) is 12.5 Å². The minimum Gasteiger partial charge on any atom is -0.490 e. The lowest BCUT2D eigenvalue weighted by Crippen LogP contribution is -2.51. The summed E-state index contributed by atoms with van der Waals surface area (Å²) >= 11 is 13.8. The lowest BCUT2D eigenvalue weighted by atomic mass is 10.1. The molecule has 0 radical (unpaired) electrons. The Bertz CT molecular complexity index is 1160. The predicted octanol–water partition coefficient (Wildman–Crippen LogP) is 3.76. The first-order chi connectivity index (χ1) is 15.7. The standard InChI is InChI=1S/C21H16Cl2IN3O6/c1-2-32-16-7-10(5-12-19(29)26-21(31)27-20(12)30)6-15(24)18(16)33-9-17(28)25-11-3-4-13(22)14(23)8-11/h3-8H,2,9H2,1H3,(H,25,28)(H2,26,27,29,30,31). The number of benzene rings is 2. The molecule has 1 heterocycles. The number of urea groups is 1. The maximum absolute atomic E-state index is 12.3. The molecule has 1 fully saturated rings. The molecule has 33 heavy (non-hydrogen) atoms. The summed E-state index contributed by atoms with van der Waals surface area (Å²) in [4.78, 5) is 47.5. The van der Waals surface area contributed by atoms with Crippen molar-refractivity contribution in [2.45, 2.75) is 6.92 Å². The second kappa shape index (κ2) is 10.9. The van der Waals surface area contributed by atoms with Crippen molar-refractivity contribution in [3.63, 3.8) is 0 Å². The molecular formula is C21H16Cl2IN3O6. The van der Waals surface area contributed by atoms with E-state index >= 15 is 0 Å². The summed E-state index contributed by atoms with van der Waals surface area (Å²) in [5.74, 6) is -1.42. The monoisotopic (exact) mass is 603 g/mol. The fraction of sp³-hybridized carbons (Fsp3) is 0.143. The second-order valence-electron chi connectivity index (χ2n) is 6.52. The molecule has 172 valence electrons. The van der Waals surface area contributed by atoms with Gasteiger partial charge < -0.3 is 14.8 Å². The topological polar surface area (TPSA) is 123 Å². The van der Waals surface area contributed by atoms with Gasteiger partial charge in [0.2, 0.25) is 0 Å². The van der Waals surface area contributed by atoms with Gasteiger partial charge in [-0.2, -0.15) is 0 Å². The molecular weight excluding hydrogens is 588 g/mol. The Labute approximate surface area is 211 Å². The first-order valence-electron chi connectivity index (χ1n) is 9.40. The number of barbiturate groups is 1. The average Bonchev–Trinajstić information content (AvgIpc) is 2.73. The van der Waals surface area contributed by atoms with E-state index < -0.39 is 23.8 Å². The van der Waals surface area contributed by atoms with Crippen molar-refractivity contribution in [2.75, 3.05) is 18.5 Å². The van der Waals surface area contributed by atoms with Gasteiger partial charge in [0.25, 0.3) is 17.7 Å². The van der Waals surface area contributed by atoms with Gasteiger partial charge in [0.1, 0.15) is 5.57 Å². The third-order valence-corrected chi connectivity index (χ3v) is 5.68. The molecule has 1 aliphatic rings. The quantitative estimate of drug-likeness (QED) is 0.252. The number of hydrogen-bond acceptors (Lipinski definition) is 6. The van der Waals surface area contributed by atoms with Crippen LogP contribution in [-0.4, -0.2) is 37.0 Å². The van der Waals surface area contributed by atoms with Crippen LogP contribution in [0.4, 0.5) is 10.5 Å². The zero-order valence-corrected chi connectivity index (χ0v) is 20.6. The molecule has 1 saturated heterocycles. The summed E-state index contributed by atoms with van der Waals surface area (Å²) < 4.78 is 11.9. The largest absolute Gasteiger partial charge is 0.490 e. The highest BCUT2D eigenvalue weighted by Gasteiger charge is 2.28. The molecule has 3 rings (SSSR count). The van der Waals surface area contributed by atoms with E-state index in [4.69, 9.17) is 32.7 Å². The highest BCUT2D eigenvalue weighted by Crippen LogP contribution is 2.35. The van der Waals surface area contributed by atoms with E-state index in [1.54, 1.807) is 31.2 Å². The number of carbonyl (C=O) groups is 4. The molecule has 0 spiro atoms. The molecule has 3 N–H and O–H groups in total. The van der Waals surface area contributed by atoms with Gasteiger partial charge >= 0.3 is 6.03 Å². The highest BCUT2D eigenvalue weighted by atomic mass is 127. The summed E-state index contributed by atoms with van der Waals surface area (Å²) in [6.45, 7) is 1.76. The van der Waals surface area contributed by atoms with Crippen LogP contribution in [0.25, 0.3) is 6.08 Å². The summed E-state index contributed by atoms with van der Waals surface area (Å²) in [5.41, 5.74) is 0.690. The van der Waals surface area contributed by atoms with E-state index in [0.29, 0.717) is 43.0 Å². The van der Waals surface area contributed by atoms with Gasteiger partial charge in [-0.1, -0.05) is 23.2 Å². The smallest absolute Gasteiger partial charge is 0.328 e. The second-order valence-corrected chi connectivity index (χ2v) is 8.50. The summed E-state index contributed by atoms with van der Waals surface area (Å²) in [7, 11) is 0. The minimum absolute atomic E-state index is 0.234. The van der Waals surface area contributed by atoms with Gasteiger partial charge in [-0.3, -0.25) is 25.0 Å². The van der Waals surface area contributed by atoms with Crippen LogP contribution in [0, 0.1) is 3.57 Å². The number of carbonyl (C=O) groups excluding carboxylic acids is 4. The molecule has 0 aromatic heterocycles. The van der Waals surface area contributed by atoms with E-state index in [1.165, 1.54) is 12.1 Å². The first kappa shape index (κ1) is 24.8. The van der Waals surface area contributed by atoms with Gasteiger partial charge in [-0.15, -0.1) is 0 Å². The van der Waals surface area contributed by atoms with Crippen molar-refractivity contribution < 1.29 is 28.7 Å². The van der Waals surface area contributed by atoms with E-state index in [-0.39, 0.29) is 12.2 Å². The lowest BCUT2D eigenvalue weighted by molar-refractivity contribution is -0.124. The Morgan fingerprint density at radius 2 is 1.76 bits per heavy atom. The number of amides is 5. The van der Waals surface area contributed by atoms with Crippen LogP contribution in [0.5, 0.6) is 11.5 Å². The van der Waals surface area contributed by atoms with E-state index in [9.17, 15) is 19.2 Å². The third kappa shape index (κ3) is 6.36. The molecule has 0 aliphatic carbocycles. The molecule has 0 saturated carbocycles. The van der Waals surface area contributed by atoms with E-state index in [0.717, 1.165) is 0 Å². The van der Waals surface area contributed by atoms with E-state index in [1.807, 2.05) is 33.2 Å². The maximum atomic E-state index is 12.3. The van der Waals surface area contributed by atoms with Gasteiger partial charge in [-0.05, 0) is 71.5 Å². The molecule has 0 unspecified atom stereocenters. The zero-order valence-electron chi connectivity index (χ0n) is 17.0. The fourth-order valence-corrected chi connectivity index (χ4v) is 3.84. The number of rotatable bonds is 7. The summed E-state index contributed by atoms with van der Waals surface area (Å²) in [6.07, 6.45) is 1.32. The van der Waals surface area contributed by atoms with Gasteiger partial charge in [0, 0.05) is 5.69 Å².